The lowest BCUT2D eigenvalue weighted by Crippen LogP contribution is -2.03. The van der Waals surface area contributed by atoms with E-state index in [9.17, 15) is 0 Å². The molecule has 3 rings (SSSR count). The van der Waals surface area contributed by atoms with E-state index in [-0.39, 0.29) is 0 Å². The zero-order chi connectivity index (χ0) is 13.1. The summed E-state index contributed by atoms with van der Waals surface area (Å²) < 4.78 is 2.75. The fourth-order valence-electron chi connectivity index (χ4n) is 1.58. The van der Waals surface area contributed by atoms with Crippen molar-refractivity contribution in [3.63, 3.8) is 0 Å². The molecule has 0 N–H and O–H groups in total. The van der Waals surface area contributed by atoms with E-state index in [1.54, 1.807) is 16.0 Å². The molecule has 7 heteroatoms. The lowest BCUT2D eigenvalue weighted by atomic mass is 10.2. The third kappa shape index (κ3) is 2.99. The molecule has 2 heterocycles. The Morgan fingerprint density at radius 3 is 2.84 bits per heavy atom. The minimum atomic E-state index is 0.667. The summed E-state index contributed by atoms with van der Waals surface area (Å²) in [5.41, 5.74) is 2.20. The molecule has 0 unspecified atom stereocenters. The van der Waals surface area contributed by atoms with E-state index in [4.69, 9.17) is 0 Å². The summed E-state index contributed by atoms with van der Waals surface area (Å²) in [7, 11) is 0. The van der Waals surface area contributed by atoms with Gasteiger partial charge >= 0.3 is 0 Å². The van der Waals surface area contributed by atoms with Crippen LogP contribution < -0.4 is 0 Å². The fourth-order valence-corrected chi connectivity index (χ4v) is 3.29. The van der Waals surface area contributed by atoms with Crippen molar-refractivity contribution in [2.45, 2.75) is 23.0 Å². The number of rotatable bonds is 4. The number of aromatic nitrogens is 5. The Bertz CT molecular complexity index is 662. The van der Waals surface area contributed by atoms with Gasteiger partial charge in [-0.25, -0.2) is 9.67 Å². The van der Waals surface area contributed by atoms with Crippen LogP contribution in [0.15, 0.2) is 45.2 Å². The number of tetrazole rings is 1. The Morgan fingerprint density at radius 1 is 1.26 bits per heavy atom. The van der Waals surface area contributed by atoms with Gasteiger partial charge < -0.3 is 0 Å². The van der Waals surface area contributed by atoms with Crippen LogP contribution in [-0.2, 0) is 6.54 Å². The van der Waals surface area contributed by atoms with E-state index < -0.39 is 0 Å². The van der Waals surface area contributed by atoms with Crippen molar-refractivity contribution in [1.82, 2.24) is 25.2 Å². The Morgan fingerprint density at radius 2 is 2.11 bits per heavy atom. The van der Waals surface area contributed by atoms with Gasteiger partial charge in [-0.2, -0.15) is 0 Å². The van der Waals surface area contributed by atoms with Gasteiger partial charge in [-0.1, -0.05) is 30.3 Å². The van der Waals surface area contributed by atoms with Crippen molar-refractivity contribution in [2.75, 3.05) is 0 Å². The van der Waals surface area contributed by atoms with Gasteiger partial charge in [0.15, 0.2) is 4.34 Å². The zero-order valence-corrected chi connectivity index (χ0v) is 11.9. The third-order valence-electron chi connectivity index (χ3n) is 2.45. The molecule has 0 saturated carbocycles. The topological polar surface area (TPSA) is 56.5 Å². The standard InChI is InChI=1S/C12H11N5S2/c1-9-8-18-12(13-9)19-11-14-15-16-17(11)7-10-5-3-2-4-6-10/h2-6,8H,7H2,1H3. The SMILES string of the molecule is Cc1csc(Sc2nnnn2Cc2ccccc2)n1. The second kappa shape index (κ2) is 5.50. The van der Waals surface area contributed by atoms with Crippen molar-refractivity contribution in [3.8, 4) is 0 Å². The van der Waals surface area contributed by atoms with Crippen LogP contribution in [0.3, 0.4) is 0 Å². The van der Waals surface area contributed by atoms with E-state index >= 15 is 0 Å². The van der Waals surface area contributed by atoms with Gasteiger partial charge in [-0.3, -0.25) is 0 Å². The highest BCUT2D eigenvalue weighted by atomic mass is 32.2. The Labute approximate surface area is 118 Å². The van der Waals surface area contributed by atoms with Crippen LogP contribution in [0.4, 0.5) is 0 Å². The molecule has 96 valence electrons. The molecular formula is C12H11N5S2. The molecule has 1 aromatic carbocycles. The van der Waals surface area contributed by atoms with Crippen LogP contribution in [0.25, 0.3) is 0 Å². The summed E-state index contributed by atoms with van der Waals surface area (Å²) in [6.45, 7) is 2.65. The molecule has 0 saturated heterocycles. The lowest BCUT2D eigenvalue weighted by Gasteiger charge is -2.02. The molecule has 19 heavy (non-hydrogen) atoms. The summed E-state index contributed by atoms with van der Waals surface area (Å²) in [4.78, 5) is 4.41. The number of hydrogen-bond donors (Lipinski definition) is 0. The minimum Gasteiger partial charge on any atom is -0.235 e. The maximum Gasteiger partial charge on any atom is 0.216 e. The number of nitrogens with zero attached hydrogens (tertiary/aromatic N) is 5. The second-order valence-corrected chi connectivity index (χ2v) is 6.03. The van der Waals surface area contributed by atoms with Gasteiger partial charge in [-0.15, -0.1) is 16.4 Å². The Kier molecular flexibility index (Phi) is 3.56. The van der Waals surface area contributed by atoms with Crippen molar-refractivity contribution < 1.29 is 0 Å². The summed E-state index contributed by atoms with van der Waals surface area (Å²) >= 11 is 3.10. The first-order chi connectivity index (χ1) is 9.31. The monoisotopic (exact) mass is 289 g/mol. The van der Waals surface area contributed by atoms with Gasteiger partial charge in [0.05, 0.1) is 6.54 Å². The van der Waals surface area contributed by atoms with Crippen LogP contribution >= 0.6 is 23.1 Å². The molecule has 2 aromatic heterocycles. The first kappa shape index (κ1) is 12.3. The van der Waals surface area contributed by atoms with Crippen molar-refractivity contribution in [3.05, 3.63) is 47.0 Å². The van der Waals surface area contributed by atoms with E-state index in [1.165, 1.54) is 17.3 Å². The first-order valence-corrected chi connectivity index (χ1v) is 7.41. The highest BCUT2D eigenvalue weighted by Gasteiger charge is 2.10. The minimum absolute atomic E-state index is 0.667. The van der Waals surface area contributed by atoms with Gasteiger partial charge in [0, 0.05) is 11.1 Å². The predicted molar refractivity (Wildman–Crippen MR) is 74.3 cm³/mol. The second-order valence-electron chi connectivity index (χ2n) is 3.96. The van der Waals surface area contributed by atoms with Crippen LogP contribution in [0.5, 0.6) is 0 Å². The number of thiazole rings is 1. The lowest BCUT2D eigenvalue weighted by molar-refractivity contribution is 0.603. The van der Waals surface area contributed by atoms with Crippen LogP contribution in [0, 0.1) is 6.92 Å². The molecular weight excluding hydrogens is 278 g/mol. The van der Waals surface area contributed by atoms with Crippen molar-refractivity contribution in [1.29, 1.82) is 0 Å². The van der Waals surface area contributed by atoms with Gasteiger partial charge in [0.25, 0.3) is 0 Å². The average Bonchev–Trinajstić information content (AvgIpc) is 3.01. The highest BCUT2D eigenvalue weighted by Crippen LogP contribution is 2.28. The average molecular weight is 289 g/mol. The molecule has 0 aliphatic heterocycles. The summed E-state index contributed by atoms with van der Waals surface area (Å²) in [5, 5.41) is 14.6. The zero-order valence-electron chi connectivity index (χ0n) is 10.2. The molecule has 0 radical (unpaired) electrons. The van der Waals surface area contributed by atoms with E-state index in [0.717, 1.165) is 15.2 Å². The Hall–Kier alpha value is -1.73. The van der Waals surface area contributed by atoms with Gasteiger partial charge in [0.1, 0.15) is 0 Å². The highest BCUT2D eigenvalue weighted by molar-refractivity contribution is 8.00. The van der Waals surface area contributed by atoms with Crippen LogP contribution in [0.2, 0.25) is 0 Å². The third-order valence-corrected chi connectivity index (χ3v) is 4.48. The summed E-state index contributed by atoms with van der Waals surface area (Å²) in [6, 6.07) is 10.1. The Balaban J connectivity index is 1.79. The van der Waals surface area contributed by atoms with Crippen molar-refractivity contribution in [2.24, 2.45) is 0 Å². The smallest absolute Gasteiger partial charge is 0.216 e. The number of benzene rings is 1. The molecule has 0 aliphatic rings. The normalized spacial score (nSPS) is 10.8. The fraction of sp³-hybridized carbons (Fsp3) is 0.167. The first-order valence-electron chi connectivity index (χ1n) is 5.71. The number of aryl methyl sites for hydroxylation is 1. The van der Waals surface area contributed by atoms with Crippen LogP contribution in [-0.4, -0.2) is 25.2 Å². The molecule has 0 aliphatic carbocycles. The molecule has 0 spiro atoms. The predicted octanol–water partition coefficient (Wildman–Crippen LogP) is 2.64. The summed E-state index contributed by atoms with van der Waals surface area (Å²) in [5.74, 6) is 0. The molecule has 3 aromatic rings. The van der Waals surface area contributed by atoms with Gasteiger partial charge in [0.2, 0.25) is 5.16 Å². The molecule has 0 bridgehead atoms. The van der Waals surface area contributed by atoms with E-state index in [1.807, 2.05) is 30.5 Å². The van der Waals surface area contributed by atoms with Crippen LogP contribution in [0.1, 0.15) is 11.3 Å². The molecule has 5 nitrogen and oxygen atoms in total. The summed E-state index contributed by atoms with van der Waals surface area (Å²) in [6.07, 6.45) is 0. The molecule has 0 atom stereocenters. The molecule has 0 amide bonds. The quantitative estimate of drug-likeness (QED) is 0.739. The van der Waals surface area contributed by atoms with Crippen molar-refractivity contribution >= 4 is 23.1 Å². The van der Waals surface area contributed by atoms with E-state index in [0.29, 0.717) is 6.54 Å². The maximum atomic E-state index is 4.41. The van der Waals surface area contributed by atoms with E-state index in [2.05, 4.69) is 32.6 Å². The molecule has 0 fully saturated rings. The van der Waals surface area contributed by atoms with Gasteiger partial charge in [-0.05, 0) is 34.7 Å². The maximum absolute atomic E-state index is 4.41. The number of hydrogen-bond acceptors (Lipinski definition) is 6. The largest absolute Gasteiger partial charge is 0.235 e.